The molecule has 1 aromatic heterocycles. The molecule has 1 atom stereocenters. The van der Waals surface area contributed by atoms with Crippen LogP contribution in [-0.4, -0.2) is 14.9 Å². The largest absolute Gasteiger partial charge is 0.389 e. The van der Waals surface area contributed by atoms with E-state index in [4.69, 9.17) is 0 Å². The predicted molar refractivity (Wildman–Crippen MR) is 102 cm³/mol. The fourth-order valence-corrected chi connectivity index (χ4v) is 3.17. The van der Waals surface area contributed by atoms with Crippen molar-refractivity contribution in [1.82, 2.24) is 9.78 Å². The summed E-state index contributed by atoms with van der Waals surface area (Å²) in [5, 5.41) is 15.4. The molecule has 25 heavy (non-hydrogen) atoms. The van der Waals surface area contributed by atoms with E-state index in [9.17, 15) is 9.90 Å². The number of nitrogens with zero attached hydrogens (tertiary/aromatic N) is 2. The molecule has 0 aliphatic rings. The zero-order chi connectivity index (χ0) is 17.8. The first-order chi connectivity index (χ1) is 12.1. The Hall–Kier alpha value is -2.46. The van der Waals surface area contributed by atoms with Crippen molar-refractivity contribution in [2.24, 2.45) is 0 Å². The molecule has 0 aliphatic carbocycles. The Morgan fingerprint density at radius 1 is 1.08 bits per heavy atom. The Kier molecular flexibility index (Phi) is 5.29. The van der Waals surface area contributed by atoms with Crippen LogP contribution in [0, 0.1) is 0 Å². The highest BCUT2D eigenvalue weighted by Crippen LogP contribution is 2.26. The fraction of sp³-hybridized carbons (Fsp3) is 0.333. The first kappa shape index (κ1) is 17.4. The van der Waals surface area contributed by atoms with E-state index in [1.807, 2.05) is 53.2 Å². The van der Waals surface area contributed by atoms with Gasteiger partial charge in [-0.3, -0.25) is 9.48 Å². The number of unbranched alkanes of at least 4 members (excludes halogenated alkanes) is 2. The van der Waals surface area contributed by atoms with Gasteiger partial charge in [0.25, 0.3) is 0 Å². The maximum atomic E-state index is 13.0. The first-order valence-corrected chi connectivity index (χ1v) is 8.90. The second-order valence-corrected chi connectivity index (χ2v) is 6.39. The van der Waals surface area contributed by atoms with Crippen LogP contribution in [0.25, 0.3) is 22.2 Å². The summed E-state index contributed by atoms with van der Waals surface area (Å²) in [6.45, 7) is 4.65. The topological polar surface area (TPSA) is 55.1 Å². The lowest BCUT2D eigenvalue weighted by molar-refractivity contribution is 0.200. The zero-order valence-electron chi connectivity index (χ0n) is 14.8. The number of hydrogen-bond donors (Lipinski definition) is 1. The van der Waals surface area contributed by atoms with E-state index in [2.05, 4.69) is 12.0 Å². The van der Waals surface area contributed by atoms with Gasteiger partial charge in [-0.2, -0.15) is 5.10 Å². The minimum Gasteiger partial charge on any atom is -0.389 e. The second kappa shape index (κ2) is 7.62. The first-order valence-electron chi connectivity index (χ1n) is 8.90. The molecule has 1 N–H and O–H groups in total. The Labute approximate surface area is 147 Å². The van der Waals surface area contributed by atoms with Gasteiger partial charge in [0.1, 0.15) is 5.69 Å². The molecular formula is C21H24N2O2. The molecule has 4 nitrogen and oxygen atoms in total. The highest BCUT2D eigenvalue weighted by molar-refractivity contribution is 5.82. The molecule has 0 spiro atoms. The van der Waals surface area contributed by atoms with Crippen molar-refractivity contribution in [3.63, 3.8) is 0 Å². The van der Waals surface area contributed by atoms with Gasteiger partial charge < -0.3 is 5.11 Å². The van der Waals surface area contributed by atoms with E-state index in [0.717, 1.165) is 36.9 Å². The molecular weight excluding hydrogens is 312 g/mol. The number of aryl methyl sites for hydroxylation is 1. The third-order valence-corrected chi connectivity index (χ3v) is 4.50. The lowest BCUT2D eigenvalue weighted by atomic mass is 9.99. The van der Waals surface area contributed by atoms with E-state index >= 15 is 0 Å². The van der Waals surface area contributed by atoms with Crippen molar-refractivity contribution in [3.8, 4) is 11.3 Å². The van der Waals surface area contributed by atoms with Crippen LogP contribution in [0.3, 0.4) is 0 Å². The van der Waals surface area contributed by atoms with Crippen LogP contribution in [-0.2, 0) is 6.54 Å². The van der Waals surface area contributed by atoms with Crippen molar-refractivity contribution in [1.29, 1.82) is 0 Å². The van der Waals surface area contributed by atoms with Gasteiger partial charge in [-0.15, -0.1) is 0 Å². The number of aliphatic hydroxyl groups is 1. The van der Waals surface area contributed by atoms with E-state index in [1.165, 1.54) is 0 Å². The molecule has 0 fully saturated rings. The summed E-state index contributed by atoms with van der Waals surface area (Å²) in [6.07, 6.45) is 2.63. The number of rotatable bonds is 6. The zero-order valence-corrected chi connectivity index (χ0v) is 14.8. The number of fused-ring (bicyclic) bond motifs is 1. The van der Waals surface area contributed by atoms with Crippen molar-refractivity contribution in [3.05, 3.63) is 64.3 Å². The lowest BCUT2D eigenvalue weighted by Gasteiger charge is -2.15. The highest BCUT2D eigenvalue weighted by Gasteiger charge is 2.16. The van der Waals surface area contributed by atoms with E-state index < -0.39 is 6.10 Å². The number of aromatic nitrogens is 2. The smallest absolute Gasteiger partial charge is 0.215 e. The summed E-state index contributed by atoms with van der Waals surface area (Å²) < 4.78 is 1.93. The molecule has 130 valence electrons. The number of hydrogen-bond acceptors (Lipinski definition) is 3. The monoisotopic (exact) mass is 336 g/mol. The minimum atomic E-state index is -0.655. The molecule has 4 heteroatoms. The number of benzene rings is 2. The van der Waals surface area contributed by atoms with Crippen LogP contribution in [0.15, 0.2) is 53.3 Å². The Morgan fingerprint density at radius 2 is 1.80 bits per heavy atom. The van der Waals surface area contributed by atoms with Crippen LogP contribution in [0.2, 0.25) is 0 Å². The standard InChI is InChI=1S/C21H24N2O2/c1-3-4-9-14-23-19-13-8-7-12-18(19)21(25)20(22-23)17-11-6-5-10-16(17)15(2)24/h5-8,10-13,15,24H,3-4,9,14H2,1-2H3. The van der Waals surface area contributed by atoms with Crippen LogP contribution >= 0.6 is 0 Å². The molecule has 2 aromatic carbocycles. The summed E-state index contributed by atoms with van der Waals surface area (Å²) in [4.78, 5) is 13.0. The molecule has 0 amide bonds. The predicted octanol–water partition coefficient (Wildman–Crippen LogP) is 4.31. The van der Waals surface area contributed by atoms with Crippen molar-refractivity contribution < 1.29 is 5.11 Å². The molecule has 0 saturated carbocycles. The van der Waals surface area contributed by atoms with E-state index in [1.54, 1.807) is 6.92 Å². The third-order valence-electron chi connectivity index (χ3n) is 4.50. The van der Waals surface area contributed by atoms with Crippen molar-refractivity contribution in [2.75, 3.05) is 0 Å². The number of aliphatic hydroxyl groups excluding tert-OH is 1. The van der Waals surface area contributed by atoms with Gasteiger partial charge in [0.05, 0.1) is 11.6 Å². The fourth-order valence-electron chi connectivity index (χ4n) is 3.17. The van der Waals surface area contributed by atoms with Crippen LogP contribution in [0.1, 0.15) is 44.8 Å². The second-order valence-electron chi connectivity index (χ2n) is 6.39. The molecule has 3 aromatic rings. The summed E-state index contributed by atoms with van der Waals surface area (Å²) in [5.41, 5.74) is 2.61. The molecule has 0 radical (unpaired) electrons. The lowest BCUT2D eigenvalue weighted by Crippen LogP contribution is -2.17. The van der Waals surface area contributed by atoms with Crippen LogP contribution in [0.4, 0.5) is 0 Å². The summed E-state index contributed by atoms with van der Waals surface area (Å²) in [6, 6.07) is 15.1. The van der Waals surface area contributed by atoms with Gasteiger partial charge in [0.2, 0.25) is 5.43 Å². The maximum Gasteiger partial charge on any atom is 0.215 e. The summed E-state index contributed by atoms with van der Waals surface area (Å²) >= 11 is 0. The van der Waals surface area contributed by atoms with Crippen LogP contribution < -0.4 is 5.43 Å². The Bertz CT molecular complexity index is 929. The summed E-state index contributed by atoms with van der Waals surface area (Å²) in [7, 11) is 0. The Balaban J connectivity index is 2.22. The average Bonchev–Trinajstić information content (AvgIpc) is 2.64. The third kappa shape index (κ3) is 3.49. The quantitative estimate of drug-likeness (QED) is 0.683. The average molecular weight is 336 g/mol. The van der Waals surface area contributed by atoms with Gasteiger partial charge in [-0.05, 0) is 31.0 Å². The van der Waals surface area contributed by atoms with Crippen molar-refractivity contribution in [2.45, 2.75) is 45.8 Å². The number of para-hydroxylation sites is 1. The van der Waals surface area contributed by atoms with E-state index in [-0.39, 0.29) is 5.43 Å². The molecule has 1 unspecified atom stereocenters. The minimum absolute atomic E-state index is 0.0876. The van der Waals surface area contributed by atoms with Gasteiger partial charge in [-0.1, -0.05) is 56.2 Å². The van der Waals surface area contributed by atoms with Gasteiger partial charge in [-0.25, -0.2) is 0 Å². The SMILES string of the molecule is CCCCCn1nc(-c2ccccc2C(C)O)c(=O)c2ccccc21. The molecule has 0 saturated heterocycles. The molecule has 0 aliphatic heterocycles. The maximum absolute atomic E-state index is 13.0. The van der Waals surface area contributed by atoms with Gasteiger partial charge in [0, 0.05) is 17.5 Å². The Morgan fingerprint density at radius 3 is 2.56 bits per heavy atom. The van der Waals surface area contributed by atoms with E-state index in [0.29, 0.717) is 16.6 Å². The summed E-state index contributed by atoms with van der Waals surface area (Å²) in [5.74, 6) is 0. The van der Waals surface area contributed by atoms with Gasteiger partial charge in [0.15, 0.2) is 0 Å². The molecule has 3 rings (SSSR count). The van der Waals surface area contributed by atoms with Gasteiger partial charge >= 0.3 is 0 Å². The molecule has 1 heterocycles. The normalized spacial score (nSPS) is 12.4. The van der Waals surface area contributed by atoms with Crippen LogP contribution in [0.5, 0.6) is 0 Å². The van der Waals surface area contributed by atoms with Crippen molar-refractivity contribution >= 4 is 10.9 Å². The highest BCUT2D eigenvalue weighted by atomic mass is 16.3. The molecule has 0 bridgehead atoms.